The molecule has 1 aliphatic rings. The molecule has 0 spiro atoms. The second kappa shape index (κ2) is 4.05. The highest BCUT2D eigenvalue weighted by atomic mass is 16.2. The van der Waals surface area contributed by atoms with Crippen molar-refractivity contribution in [3.63, 3.8) is 0 Å². The van der Waals surface area contributed by atoms with Crippen LogP contribution < -0.4 is 5.32 Å². The van der Waals surface area contributed by atoms with Crippen LogP contribution in [0.1, 0.15) is 11.1 Å². The van der Waals surface area contributed by atoms with Gasteiger partial charge in [-0.15, -0.1) is 0 Å². The van der Waals surface area contributed by atoms with Gasteiger partial charge in [0.1, 0.15) is 5.70 Å². The van der Waals surface area contributed by atoms with Crippen LogP contribution in [0.4, 0.5) is 5.69 Å². The van der Waals surface area contributed by atoms with Crippen molar-refractivity contribution in [3.8, 4) is 0 Å². The third-order valence-electron chi connectivity index (χ3n) is 3.01. The molecule has 1 N–H and O–H groups in total. The smallest absolute Gasteiger partial charge is 0.277 e. The first-order chi connectivity index (χ1) is 8.00. The van der Waals surface area contributed by atoms with E-state index in [1.54, 1.807) is 0 Å². The van der Waals surface area contributed by atoms with E-state index in [0.29, 0.717) is 5.70 Å². The normalized spacial score (nSPS) is 15.2. The molecule has 0 saturated heterocycles. The Morgan fingerprint density at radius 1 is 1.18 bits per heavy atom. The SMILES string of the molecule is Cc1cccc(NC2=CC(=O)N(C)C2=O)c1C. The predicted molar refractivity (Wildman–Crippen MR) is 65.4 cm³/mol. The van der Waals surface area contributed by atoms with Gasteiger partial charge in [0.05, 0.1) is 0 Å². The lowest BCUT2D eigenvalue weighted by atomic mass is 10.1. The Morgan fingerprint density at radius 2 is 1.88 bits per heavy atom. The topological polar surface area (TPSA) is 49.4 Å². The van der Waals surface area contributed by atoms with Gasteiger partial charge in [0.2, 0.25) is 0 Å². The van der Waals surface area contributed by atoms with Crippen molar-refractivity contribution in [1.29, 1.82) is 0 Å². The predicted octanol–water partition coefficient (Wildman–Crippen LogP) is 1.60. The van der Waals surface area contributed by atoms with Crippen LogP contribution in [-0.4, -0.2) is 23.8 Å². The highest BCUT2D eigenvalue weighted by Crippen LogP contribution is 2.21. The Balaban J connectivity index is 2.29. The van der Waals surface area contributed by atoms with Crippen LogP contribution in [0, 0.1) is 13.8 Å². The number of carbonyl (C=O) groups is 2. The van der Waals surface area contributed by atoms with Crippen molar-refractivity contribution < 1.29 is 9.59 Å². The van der Waals surface area contributed by atoms with Gasteiger partial charge in [-0.05, 0) is 31.0 Å². The van der Waals surface area contributed by atoms with E-state index in [1.165, 1.54) is 13.1 Å². The summed E-state index contributed by atoms with van der Waals surface area (Å²) in [6.07, 6.45) is 1.32. The van der Waals surface area contributed by atoms with Gasteiger partial charge >= 0.3 is 0 Å². The average Bonchev–Trinajstić information content (AvgIpc) is 2.53. The summed E-state index contributed by atoms with van der Waals surface area (Å²) in [6.45, 7) is 3.98. The number of benzene rings is 1. The average molecular weight is 230 g/mol. The summed E-state index contributed by atoms with van der Waals surface area (Å²) in [6, 6.07) is 5.80. The van der Waals surface area contributed by atoms with Crippen molar-refractivity contribution in [2.75, 3.05) is 12.4 Å². The molecule has 0 atom stereocenters. The number of anilines is 1. The van der Waals surface area contributed by atoms with Crippen molar-refractivity contribution in [3.05, 3.63) is 41.1 Å². The monoisotopic (exact) mass is 230 g/mol. The third kappa shape index (κ3) is 1.93. The first kappa shape index (κ1) is 11.4. The highest BCUT2D eigenvalue weighted by Gasteiger charge is 2.27. The third-order valence-corrected chi connectivity index (χ3v) is 3.01. The number of carbonyl (C=O) groups excluding carboxylic acids is 2. The molecule has 0 aliphatic carbocycles. The Bertz CT molecular complexity index is 532. The molecule has 1 aromatic rings. The lowest BCUT2D eigenvalue weighted by Gasteiger charge is -2.12. The Labute approximate surface area is 99.9 Å². The number of aryl methyl sites for hydroxylation is 1. The molecule has 0 saturated carbocycles. The fraction of sp³-hybridized carbons (Fsp3) is 0.231. The van der Waals surface area contributed by atoms with Crippen LogP contribution in [0.15, 0.2) is 30.0 Å². The van der Waals surface area contributed by atoms with E-state index in [4.69, 9.17) is 0 Å². The number of hydrogen-bond acceptors (Lipinski definition) is 3. The van der Waals surface area contributed by atoms with Crippen molar-refractivity contribution in [2.45, 2.75) is 13.8 Å². The maximum Gasteiger partial charge on any atom is 0.277 e. The fourth-order valence-corrected chi connectivity index (χ4v) is 1.68. The number of hydrogen-bond donors (Lipinski definition) is 1. The van der Waals surface area contributed by atoms with Gasteiger partial charge in [0.25, 0.3) is 11.8 Å². The Kier molecular flexibility index (Phi) is 2.71. The van der Waals surface area contributed by atoms with Gasteiger partial charge in [0.15, 0.2) is 0 Å². The zero-order valence-corrected chi connectivity index (χ0v) is 10.1. The second-order valence-corrected chi connectivity index (χ2v) is 4.13. The molecule has 0 unspecified atom stereocenters. The molecule has 0 bridgehead atoms. The molecule has 88 valence electrons. The molecule has 4 heteroatoms. The summed E-state index contributed by atoms with van der Waals surface area (Å²) in [7, 11) is 1.47. The van der Waals surface area contributed by atoms with Gasteiger partial charge in [-0.1, -0.05) is 12.1 Å². The lowest BCUT2D eigenvalue weighted by Crippen LogP contribution is -2.27. The minimum atomic E-state index is -0.295. The molecular weight excluding hydrogens is 216 g/mol. The zero-order valence-electron chi connectivity index (χ0n) is 10.1. The number of likely N-dealkylation sites (N-methyl/N-ethyl adjacent to an activating group) is 1. The molecule has 0 aromatic heterocycles. The summed E-state index contributed by atoms with van der Waals surface area (Å²) in [5, 5.41) is 3.01. The number of rotatable bonds is 2. The van der Waals surface area contributed by atoms with E-state index in [-0.39, 0.29) is 11.8 Å². The van der Waals surface area contributed by atoms with Gasteiger partial charge in [0, 0.05) is 18.8 Å². The van der Waals surface area contributed by atoms with Crippen molar-refractivity contribution in [1.82, 2.24) is 4.90 Å². The van der Waals surface area contributed by atoms with Crippen LogP contribution in [-0.2, 0) is 9.59 Å². The van der Waals surface area contributed by atoms with Crippen LogP contribution in [0.25, 0.3) is 0 Å². The van der Waals surface area contributed by atoms with Crippen LogP contribution >= 0.6 is 0 Å². The number of nitrogens with one attached hydrogen (secondary N) is 1. The molecule has 1 heterocycles. The number of nitrogens with zero attached hydrogens (tertiary/aromatic N) is 1. The van der Waals surface area contributed by atoms with E-state index in [9.17, 15) is 9.59 Å². The molecule has 0 radical (unpaired) electrons. The van der Waals surface area contributed by atoms with E-state index >= 15 is 0 Å². The molecular formula is C13H14N2O2. The van der Waals surface area contributed by atoms with Crippen LogP contribution in [0.5, 0.6) is 0 Å². The zero-order chi connectivity index (χ0) is 12.6. The van der Waals surface area contributed by atoms with E-state index < -0.39 is 0 Å². The summed E-state index contributed by atoms with van der Waals surface area (Å²) >= 11 is 0. The van der Waals surface area contributed by atoms with Crippen LogP contribution in [0.2, 0.25) is 0 Å². The standard InChI is InChI=1S/C13H14N2O2/c1-8-5-4-6-10(9(8)2)14-11-7-12(16)15(3)13(11)17/h4-7,14H,1-3H3. The van der Waals surface area contributed by atoms with Crippen molar-refractivity contribution in [2.24, 2.45) is 0 Å². The molecule has 17 heavy (non-hydrogen) atoms. The van der Waals surface area contributed by atoms with Gasteiger partial charge in [-0.25, -0.2) is 0 Å². The fourth-order valence-electron chi connectivity index (χ4n) is 1.68. The van der Waals surface area contributed by atoms with Gasteiger partial charge < -0.3 is 5.32 Å². The van der Waals surface area contributed by atoms with E-state index in [1.807, 2.05) is 32.0 Å². The Hall–Kier alpha value is -2.10. The molecule has 4 nitrogen and oxygen atoms in total. The molecule has 2 rings (SSSR count). The van der Waals surface area contributed by atoms with E-state index in [0.717, 1.165) is 21.7 Å². The molecule has 1 aromatic carbocycles. The minimum Gasteiger partial charge on any atom is -0.351 e. The summed E-state index contributed by atoms with van der Waals surface area (Å²) < 4.78 is 0. The Morgan fingerprint density at radius 3 is 2.47 bits per heavy atom. The van der Waals surface area contributed by atoms with Gasteiger partial charge in [-0.3, -0.25) is 14.5 Å². The van der Waals surface area contributed by atoms with Crippen LogP contribution in [0.3, 0.4) is 0 Å². The maximum absolute atomic E-state index is 11.7. The summed E-state index contributed by atoms with van der Waals surface area (Å²) in [5.41, 5.74) is 3.39. The largest absolute Gasteiger partial charge is 0.351 e. The number of imide groups is 1. The minimum absolute atomic E-state index is 0.289. The first-order valence-corrected chi connectivity index (χ1v) is 5.37. The second-order valence-electron chi connectivity index (χ2n) is 4.13. The quantitative estimate of drug-likeness (QED) is 0.785. The maximum atomic E-state index is 11.7. The number of amides is 2. The molecule has 1 aliphatic heterocycles. The summed E-state index contributed by atoms with van der Waals surface area (Å²) in [4.78, 5) is 24.1. The lowest BCUT2D eigenvalue weighted by molar-refractivity contribution is -0.135. The van der Waals surface area contributed by atoms with Gasteiger partial charge in [-0.2, -0.15) is 0 Å². The first-order valence-electron chi connectivity index (χ1n) is 5.37. The highest BCUT2D eigenvalue weighted by molar-refractivity contribution is 6.17. The van der Waals surface area contributed by atoms with E-state index in [2.05, 4.69) is 5.32 Å². The summed E-state index contributed by atoms with van der Waals surface area (Å²) in [5.74, 6) is -0.585. The molecule has 2 amide bonds. The molecule has 0 fully saturated rings. The van der Waals surface area contributed by atoms with Crippen molar-refractivity contribution >= 4 is 17.5 Å².